The Morgan fingerprint density at radius 1 is 0.864 bits per heavy atom. The summed E-state index contributed by atoms with van der Waals surface area (Å²) < 4.78 is 5.90. The predicted molar refractivity (Wildman–Crippen MR) is 92.4 cm³/mol. The highest BCUT2D eigenvalue weighted by molar-refractivity contribution is 6.34. The molecule has 0 aliphatic carbocycles. The molecule has 0 atom stereocenters. The van der Waals surface area contributed by atoms with Gasteiger partial charge in [-0.05, 0) is 48.9 Å². The molecule has 0 amide bonds. The lowest BCUT2D eigenvalue weighted by atomic mass is 10.2. The molecule has 0 heterocycles. The van der Waals surface area contributed by atoms with Crippen LogP contribution in [0.25, 0.3) is 0 Å². The van der Waals surface area contributed by atoms with Crippen LogP contribution in [0.1, 0.15) is 5.56 Å². The molecule has 0 aliphatic rings. The van der Waals surface area contributed by atoms with Gasteiger partial charge in [-0.3, -0.25) is 0 Å². The van der Waals surface area contributed by atoms with Gasteiger partial charge in [-0.15, -0.1) is 0 Å². The fourth-order valence-electron chi connectivity index (χ4n) is 2.19. The van der Waals surface area contributed by atoms with Gasteiger partial charge in [0.2, 0.25) is 0 Å². The molecule has 0 unspecified atom stereocenters. The summed E-state index contributed by atoms with van der Waals surface area (Å²) in [7, 11) is 0. The molecule has 3 rings (SSSR count). The second-order valence-electron chi connectivity index (χ2n) is 5.03. The lowest BCUT2D eigenvalue weighted by Crippen LogP contribution is -1.94. The van der Waals surface area contributed by atoms with E-state index in [9.17, 15) is 0 Å². The Balaban J connectivity index is 1.92. The van der Waals surface area contributed by atoms with Gasteiger partial charge in [0.25, 0.3) is 0 Å². The highest BCUT2D eigenvalue weighted by Crippen LogP contribution is 2.37. The smallest absolute Gasteiger partial charge is 0.148 e. The molecule has 3 aromatic carbocycles. The van der Waals surface area contributed by atoms with Gasteiger partial charge in [0.1, 0.15) is 16.5 Å². The summed E-state index contributed by atoms with van der Waals surface area (Å²) in [5.74, 6) is 1.41. The molecule has 0 saturated heterocycles. The van der Waals surface area contributed by atoms with Crippen molar-refractivity contribution in [3.8, 4) is 11.5 Å². The van der Waals surface area contributed by atoms with Crippen molar-refractivity contribution in [2.24, 2.45) is 0 Å². The zero-order chi connectivity index (χ0) is 15.4. The van der Waals surface area contributed by atoms with Gasteiger partial charge < -0.3 is 10.1 Å². The van der Waals surface area contributed by atoms with E-state index in [1.165, 1.54) is 0 Å². The van der Waals surface area contributed by atoms with Gasteiger partial charge in [-0.1, -0.05) is 48.0 Å². The van der Waals surface area contributed by atoms with Gasteiger partial charge in [-0.2, -0.15) is 0 Å². The first kappa shape index (κ1) is 14.5. The van der Waals surface area contributed by atoms with Crippen LogP contribution >= 0.6 is 11.6 Å². The minimum absolute atomic E-state index is 0.568. The van der Waals surface area contributed by atoms with Gasteiger partial charge in [0.15, 0.2) is 0 Å². The summed E-state index contributed by atoms with van der Waals surface area (Å²) in [4.78, 5) is 0. The van der Waals surface area contributed by atoms with E-state index in [-0.39, 0.29) is 0 Å². The number of ether oxygens (including phenoxy) is 1. The molecular weight excluding hydrogens is 294 g/mol. The Labute approximate surface area is 135 Å². The quantitative estimate of drug-likeness (QED) is 0.621. The molecule has 0 spiro atoms. The molecular formula is C19H16ClNO. The average molecular weight is 310 g/mol. The summed E-state index contributed by atoms with van der Waals surface area (Å²) >= 11 is 6.49. The van der Waals surface area contributed by atoms with E-state index in [1.54, 1.807) is 0 Å². The topological polar surface area (TPSA) is 21.3 Å². The Morgan fingerprint density at radius 2 is 1.50 bits per heavy atom. The molecule has 110 valence electrons. The van der Waals surface area contributed by atoms with Crippen LogP contribution in [-0.4, -0.2) is 0 Å². The maximum atomic E-state index is 6.49. The Kier molecular flexibility index (Phi) is 4.31. The van der Waals surface area contributed by atoms with Gasteiger partial charge in [0, 0.05) is 5.69 Å². The highest BCUT2D eigenvalue weighted by Gasteiger charge is 2.10. The molecule has 22 heavy (non-hydrogen) atoms. The SMILES string of the molecule is Cc1cc(Nc2ccccc2)c(Cl)c(Oc2ccccc2)c1. The molecule has 3 heteroatoms. The van der Waals surface area contributed by atoms with Crippen molar-refractivity contribution in [3.05, 3.63) is 83.4 Å². The van der Waals surface area contributed by atoms with Crippen molar-refractivity contribution < 1.29 is 4.74 Å². The van der Waals surface area contributed by atoms with E-state index in [1.807, 2.05) is 79.7 Å². The van der Waals surface area contributed by atoms with E-state index in [0.717, 1.165) is 22.7 Å². The molecule has 0 fully saturated rings. The third-order valence-electron chi connectivity index (χ3n) is 3.21. The molecule has 0 bridgehead atoms. The zero-order valence-electron chi connectivity index (χ0n) is 12.2. The number of rotatable bonds is 4. The molecule has 3 aromatic rings. The second-order valence-corrected chi connectivity index (χ2v) is 5.41. The van der Waals surface area contributed by atoms with Crippen molar-refractivity contribution in [2.75, 3.05) is 5.32 Å². The fraction of sp³-hybridized carbons (Fsp3) is 0.0526. The lowest BCUT2D eigenvalue weighted by molar-refractivity contribution is 0.483. The number of anilines is 2. The van der Waals surface area contributed by atoms with Crippen LogP contribution < -0.4 is 10.1 Å². The third kappa shape index (κ3) is 3.41. The van der Waals surface area contributed by atoms with Crippen molar-refractivity contribution in [2.45, 2.75) is 6.92 Å². The number of halogens is 1. The van der Waals surface area contributed by atoms with Crippen molar-refractivity contribution >= 4 is 23.0 Å². The average Bonchev–Trinajstić information content (AvgIpc) is 2.54. The van der Waals surface area contributed by atoms with E-state index < -0.39 is 0 Å². The summed E-state index contributed by atoms with van der Waals surface area (Å²) in [6.45, 7) is 2.02. The first-order valence-electron chi connectivity index (χ1n) is 7.07. The maximum absolute atomic E-state index is 6.49. The molecule has 1 N–H and O–H groups in total. The largest absolute Gasteiger partial charge is 0.456 e. The number of para-hydroxylation sites is 2. The standard InChI is InChI=1S/C19H16ClNO/c1-14-12-17(21-15-8-4-2-5-9-15)19(20)18(13-14)22-16-10-6-3-7-11-16/h2-13,21H,1H3. The van der Waals surface area contributed by atoms with Crippen LogP contribution in [0.2, 0.25) is 5.02 Å². The van der Waals surface area contributed by atoms with Crippen LogP contribution in [0, 0.1) is 6.92 Å². The van der Waals surface area contributed by atoms with Crippen molar-refractivity contribution in [1.29, 1.82) is 0 Å². The van der Waals surface area contributed by atoms with Gasteiger partial charge >= 0.3 is 0 Å². The predicted octanol–water partition coefficient (Wildman–Crippen LogP) is 6.18. The maximum Gasteiger partial charge on any atom is 0.148 e. The number of nitrogens with one attached hydrogen (secondary N) is 1. The monoisotopic (exact) mass is 309 g/mol. The molecule has 0 saturated carbocycles. The van der Waals surface area contributed by atoms with Gasteiger partial charge in [0.05, 0.1) is 5.69 Å². The van der Waals surface area contributed by atoms with E-state index in [2.05, 4.69) is 5.32 Å². The van der Waals surface area contributed by atoms with Crippen LogP contribution in [0.5, 0.6) is 11.5 Å². The number of benzene rings is 3. The summed E-state index contributed by atoms with van der Waals surface area (Å²) in [6.07, 6.45) is 0. The van der Waals surface area contributed by atoms with Crippen LogP contribution in [0.15, 0.2) is 72.8 Å². The van der Waals surface area contributed by atoms with E-state index in [0.29, 0.717) is 10.8 Å². The fourth-order valence-corrected chi connectivity index (χ4v) is 2.39. The van der Waals surface area contributed by atoms with Crippen LogP contribution in [0.4, 0.5) is 11.4 Å². The highest BCUT2D eigenvalue weighted by atomic mass is 35.5. The minimum atomic E-state index is 0.568. The summed E-state index contributed by atoms with van der Waals surface area (Å²) in [5.41, 5.74) is 2.90. The van der Waals surface area contributed by atoms with Gasteiger partial charge in [-0.25, -0.2) is 0 Å². The third-order valence-corrected chi connectivity index (χ3v) is 3.60. The minimum Gasteiger partial charge on any atom is -0.456 e. The number of hydrogen-bond acceptors (Lipinski definition) is 2. The lowest BCUT2D eigenvalue weighted by Gasteiger charge is -2.14. The first-order chi connectivity index (χ1) is 10.7. The normalized spacial score (nSPS) is 10.3. The van der Waals surface area contributed by atoms with Crippen LogP contribution in [0.3, 0.4) is 0 Å². The molecule has 0 aliphatic heterocycles. The van der Waals surface area contributed by atoms with E-state index in [4.69, 9.17) is 16.3 Å². The molecule has 2 nitrogen and oxygen atoms in total. The number of aryl methyl sites for hydroxylation is 1. The first-order valence-corrected chi connectivity index (χ1v) is 7.45. The summed E-state index contributed by atoms with van der Waals surface area (Å²) in [6, 6.07) is 23.5. The Morgan fingerprint density at radius 3 is 2.18 bits per heavy atom. The molecule has 0 radical (unpaired) electrons. The van der Waals surface area contributed by atoms with Crippen molar-refractivity contribution in [1.82, 2.24) is 0 Å². The zero-order valence-corrected chi connectivity index (χ0v) is 13.0. The second kappa shape index (κ2) is 6.54. The van der Waals surface area contributed by atoms with E-state index >= 15 is 0 Å². The van der Waals surface area contributed by atoms with Crippen molar-refractivity contribution in [3.63, 3.8) is 0 Å². The summed E-state index contributed by atoms with van der Waals surface area (Å²) in [5, 5.41) is 3.90. The Hall–Kier alpha value is -2.45. The van der Waals surface area contributed by atoms with Crippen LogP contribution in [-0.2, 0) is 0 Å². The number of hydrogen-bond donors (Lipinski definition) is 1. The molecule has 0 aromatic heterocycles. The Bertz CT molecular complexity index is 694.